The highest BCUT2D eigenvalue weighted by molar-refractivity contribution is 5.91. The first-order valence-corrected chi connectivity index (χ1v) is 8.57. The minimum Gasteiger partial charge on any atom is -0.459 e. The molecule has 134 valence electrons. The largest absolute Gasteiger partial charge is 0.459 e. The summed E-state index contributed by atoms with van der Waals surface area (Å²) < 4.78 is 18.2. The van der Waals surface area contributed by atoms with Gasteiger partial charge in [0, 0.05) is 25.2 Å². The molecule has 2 heterocycles. The maximum atomic E-state index is 13.0. The Bertz CT molecular complexity index is 679. The maximum absolute atomic E-state index is 13.0. The number of likely N-dealkylation sites (tertiary alicyclic amines) is 1. The molecule has 2 aromatic rings. The number of halogens is 1. The lowest BCUT2D eigenvalue weighted by atomic mass is 9.99. The second kappa shape index (κ2) is 7.80. The molecule has 3 rings (SSSR count). The number of carbonyl (C=O) groups excluding carboxylic acids is 1. The van der Waals surface area contributed by atoms with E-state index in [4.69, 9.17) is 4.42 Å². The smallest absolute Gasteiger partial charge is 0.289 e. The number of hydrogen-bond acceptors (Lipinski definition) is 4. The first kappa shape index (κ1) is 17.6. The van der Waals surface area contributed by atoms with Crippen LogP contribution in [0.25, 0.3) is 0 Å². The van der Waals surface area contributed by atoms with Crippen LogP contribution in [0.5, 0.6) is 0 Å². The molecule has 1 fully saturated rings. The molecular weight excluding hydrogens is 323 g/mol. The van der Waals surface area contributed by atoms with Gasteiger partial charge in [0.05, 0.1) is 12.4 Å². The normalized spacial score (nSPS) is 18.1. The topological polar surface area (TPSA) is 65.7 Å². The van der Waals surface area contributed by atoms with Crippen LogP contribution in [0.3, 0.4) is 0 Å². The summed E-state index contributed by atoms with van der Waals surface area (Å²) in [6.45, 7) is 3.21. The number of nitrogens with one attached hydrogen (secondary N) is 1. The number of nitrogens with zero attached hydrogens (tertiary/aromatic N) is 1. The molecule has 0 spiro atoms. The molecule has 0 bridgehead atoms. The summed E-state index contributed by atoms with van der Waals surface area (Å²) in [5.41, 5.74) is 0.687. The molecule has 1 aromatic carbocycles. The van der Waals surface area contributed by atoms with Crippen molar-refractivity contribution in [1.29, 1.82) is 0 Å². The van der Waals surface area contributed by atoms with E-state index in [2.05, 4.69) is 5.32 Å². The van der Waals surface area contributed by atoms with Gasteiger partial charge in [-0.05, 0) is 49.6 Å². The lowest BCUT2D eigenvalue weighted by Crippen LogP contribution is -2.48. The van der Waals surface area contributed by atoms with Crippen LogP contribution in [0, 0.1) is 5.82 Å². The van der Waals surface area contributed by atoms with Crippen LogP contribution in [-0.4, -0.2) is 41.1 Å². The summed E-state index contributed by atoms with van der Waals surface area (Å²) in [6.07, 6.45) is 2.42. The van der Waals surface area contributed by atoms with Crippen LogP contribution in [0.15, 0.2) is 47.1 Å². The number of benzene rings is 1. The molecular formula is C19H23FN2O3. The third-order valence-corrected chi connectivity index (χ3v) is 4.70. The molecule has 5 nitrogen and oxygen atoms in total. The molecule has 25 heavy (non-hydrogen) atoms. The first-order chi connectivity index (χ1) is 12.0. The molecule has 6 heteroatoms. The highest BCUT2D eigenvalue weighted by Crippen LogP contribution is 2.20. The minimum absolute atomic E-state index is 0.0807. The Morgan fingerprint density at radius 1 is 1.28 bits per heavy atom. The summed E-state index contributed by atoms with van der Waals surface area (Å²) >= 11 is 0. The Kier molecular flexibility index (Phi) is 5.50. The average Bonchev–Trinajstić information content (AvgIpc) is 3.16. The fourth-order valence-corrected chi connectivity index (χ4v) is 3.22. The third kappa shape index (κ3) is 4.27. The van der Waals surface area contributed by atoms with Gasteiger partial charge in [-0.2, -0.15) is 0 Å². The number of hydrogen-bond donors (Lipinski definition) is 2. The van der Waals surface area contributed by atoms with E-state index in [9.17, 15) is 14.3 Å². The molecule has 2 N–H and O–H groups in total. The zero-order chi connectivity index (χ0) is 17.8. The Hall–Kier alpha value is -2.18. The predicted octanol–water partition coefficient (Wildman–Crippen LogP) is 2.74. The Morgan fingerprint density at radius 2 is 1.96 bits per heavy atom. The Balaban J connectivity index is 1.50. The third-order valence-electron chi connectivity index (χ3n) is 4.70. The van der Waals surface area contributed by atoms with E-state index in [0.717, 1.165) is 12.8 Å². The molecule has 0 saturated carbocycles. The SMILES string of the molecule is CC(NC1CCN(C(=O)c2ccco2)CC1)C(O)c1ccc(F)cc1. The van der Waals surface area contributed by atoms with Crippen molar-refractivity contribution in [3.63, 3.8) is 0 Å². The van der Waals surface area contributed by atoms with E-state index in [1.807, 2.05) is 6.92 Å². The molecule has 1 aliphatic rings. The lowest BCUT2D eigenvalue weighted by molar-refractivity contribution is 0.0651. The first-order valence-electron chi connectivity index (χ1n) is 8.57. The van der Waals surface area contributed by atoms with Gasteiger partial charge in [0.15, 0.2) is 5.76 Å². The van der Waals surface area contributed by atoms with E-state index in [-0.39, 0.29) is 23.8 Å². The molecule has 1 aliphatic heterocycles. The van der Waals surface area contributed by atoms with Crippen LogP contribution in [0.2, 0.25) is 0 Å². The fraction of sp³-hybridized carbons (Fsp3) is 0.421. The Labute approximate surface area is 146 Å². The van der Waals surface area contributed by atoms with Gasteiger partial charge in [0.1, 0.15) is 5.82 Å². The van der Waals surface area contributed by atoms with Crippen LogP contribution >= 0.6 is 0 Å². The van der Waals surface area contributed by atoms with Crippen molar-refractivity contribution >= 4 is 5.91 Å². The van der Waals surface area contributed by atoms with E-state index < -0.39 is 6.10 Å². The van der Waals surface area contributed by atoms with Gasteiger partial charge in [-0.1, -0.05) is 12.1 Å². The standard InChI is InChI=1S/C19H23FN2O3/c1-13(18(23)14-4-6-15(20)7-5-14)21-16-8-10-22(11-9-16)19(24)17-3-2-12-25-17/h2-7,12-13,16,18,21,23H,8-11H2,1H3. The molecule has 2 atom stereocenters. The van der Waals surface area contributed by atoms with Gasteiger partial charge in [0.2, 0.25) is 0 Å². The van der Waals surface area contributed by atoms with Crippen molar-refractivity contribution in [1.82, 2.24) is 10.2 Å². The van der Waals surface area contributed by atoms with Crippen molar-refractivity contribution in [3.05, 3.63) is 59.8 Å². The summed E-state index contributed by atoms with van der Waals surface area (Å²) in [5.74, 6) is -0.0282. The molecule has 2 unspecified atom stereocenters. The minimum atomic E-state index is -0.705. The zero-order valence-electron chi connectivity index (χ0n) is 14.2. The number of amides is 1. The van der Waals surface area contributed by atoms with Crippen molar-refractivity contribution < 1.29 is 18.7 Å². The summed E-state index contributed by atoms with van der Waals surface area (Å²) in [7, 11) is 0. The predicted molar refractivity (Wildman–Crippen MR) is 91.6 cm³/mol. The van der Waals surface area contributed by atoms with Crippen LogP contribution in [0.1, 0.15) is 42.0 Å². The molecule has 1 amide bonds. The molecule has 0 aliphatic carbocycles. The fourth-order valence-electron chi connectivity index (χ4n) is 3.22. The number of piperidine rings is 1. The van der Waals surface area contributed by atoms with Gasteiger partial charge in [-0.15, -0.1) is 0 Å². The van der Waals surface area contributed by atoms with E-state index in [1.54, 1.807) is 29.2 Å². The zero-order valence-corrected chi connectivity index (χ0v) is 14.2. The number of rotatable bonds is 5. The van der Waals surface area contributed by atoms with Crippen molar-refractivity contribution in [3.8, 4) is 0 Å². The number of furan rings is 1. The molecule has 1 saturated heterocycles. The van der Waals surface area contributed by atoms with E-state index in [1.165, 1.54) is 18.4 Å². The van der Waals surface area contributed by atoms with Gasteiger partial charge in [-0.3, -0.25) is 4.79 Å². The second-order valence-corrected chi connectivity index (χ2v) is 6.50. The highest BCUT2D eigenvalue weighted by atomic mass is 19.1. The second-order valence-electron chi connectivity index (χ2n) is 6.50. The quantitative estimate of drug-likeness (QED) is 0.874. The van der Waals surface area contributed by atoms with Crippen molar-refractivity contribution in [2.45, 2.75) is 38.0 Å². The van der Waals surface area contributed by atoms with E-state index in [0.29, 0.717) is 24.4 Å². The Morgan fingerprint density at radius 3 is 2.56 bits per heavy atom. The van der Waals surface area contributed by atoms with Crippen molar-refractivity contribution in [2.24, 2.45) is 0 Å². The van der Waals surface area contributed by atoms with Crippen LogP contribution in [-0.2, 0) is 0 Å². The highest BCUT2D eigenvalue weighted by Gasteiger charge is 2.27. The van der Waals surface area contributed by atoms with Crippen LogP contribution in [0.4, 0.5) is 4.39 Å². The average molecular weight is 346 g/mol. The monoisotopic (exact) mass is 346 g/mol. The molecule has 1 aromatic heterocycles. The summed E-state index contributed by atoms with van der Waals surface area (Å²) in [6, 6.07) is 9.35. The van der Waals surface area contributed by atoms with E-state index >= 15 is 0 Å². The van der Waals surface area contributed by atoms with Crippen molar-refractivity contribution in [2.75, 3.05) is 13.1 Å². The van der Waals surface area contributed by atoms with Gasteiger partial charge >= 0.3 is 0 Å². The van der Waals surface area contributed by atoms with Gasteiger partial charge in [-0.25, -0.2) is 4.39 Å². The maximum Gasteiger partial charge on any atom is 0.289 e. The van der Waals surface area contributed by atoms with Gasteiger partial charge < -0.3 is 19.7 Å². The summed E-state index contributed by atoms with van der Waals surface area (Å²) in [5, 5.41) is 13.8. The lowest BCUT2D eigenvalue weighted by Gasteiger charge is -2.34. The van der Waals surface area contributed by atoms with Gasteiger partial charge in [0.25, 0.3) is 5.91 Å². The summed E-state index contributed by atoms with van der Waals surface area (Å²) in [4.78, 5) is 14.0. The number of aliphatic hydroxyl groups is 1. The number of carbonyl (C=O) groups is 1. The number of aliphatic hydroxyl groups excluding tert-OH is 1. The van der Waals surface area contributed by atoms with Crippen LogP contribution < -0.4 is 5.32 Å². The molecule has 0 radical (unpaired) electrons.